The fourth-order valence-corrected chi connectivity index (χ4v) is 0.709. The van der Waals surface area contributed by atoms with Gasteiger partial charge in [0.2, 0.25) is 12.3 Å². The van der Waals surface area contributed by atoms with Gasteiger partial charge in [-0.05, 0) is 0 Å². The highest BCUT2D eigenvalue weighted by molar-refractivity contribution is 5.82. The van der Waals surface area contributed by atoms with Gasteiger partial charge in [0, 0.05) is 5.92 Å². The van der Waals surface area contributed by atoms with Gasteiger partial charge in [-0.15, -0.1) is 0 Å². The number of carboxylic acid groups (broad SMARTS) is 1. The number of carbonyl (C=O) groups excluding carboxylic acids is 2. The van der Waals surface area contributed by atoms with Crippen LogP contribution in [0, 0.1) is 5.92 Å². The van der Waals surface area contributed by atoms with Crippen molar-refractivity contribution < 1.29 is 19.5 Å². The van der Waals surface area contributed by atoms with Gasteiger partial charge in [0.1, 0.15) is 0 Å². The average Bonchev–Trinajstić information content (AvgIpc) is 2.03. The molecule has 0 aliphatic carbocycles. The Labute approximate surface area is 75.3 Å². The van der Waals surface area contributed by atoms with Gasteiger partial charge in [0.05, 0.1) is 13.1 Å². The van der Waals surface area contributed by atoms with Gasteiger partial charge >= 0.3 is 5.97 Å². The van der Waals surface area contributed by atoms with Crippen molar-refractivity contribution >= 4 is 18.3 Å². The number of amides is 2. The van der Waals surface area contributed by atoms with Crippen molar-refractivity contribution in [1.29, 1.82) is 0 Å². The third-order valence-electron chi connectivity index (χ3n) is 1.38. The van der Waals surface area contributed by atoms with E-state index in [0.717, 1.165) is 0 Å². The van der Waals surface area contributed by atoms with Crippen molar-refractivity contribution in [3.63, 3.8) is 0 Å². The zero-order chi connectivity index (χ0) is 10.3. The molecule has 3 N–H and O–H groups in total. The lowest BCUT2D eigenvalue weighted by Gasteiger charge is -2.08. The Morgan fingerprint density at radius 1 is 1.54 bits per heavy atom. The smallest absolute Gasteiger partial charge is 0.304 e. The zero-order valence-corrected chi connectivity index (χ0v) is 7.24. The number of carboxylic acids is 1. The third kappa shape index (κ3) is 5.66. The van der Waals surface area contributed by atoms with Gasteiger partial charge in [-0.2, -0.15) is 0 Å². The topological polar surface area (TPSA) is 95.5 Å². The van der Waals surface area contributed by atoms with E-state index in [2.05, 4.69) is 10.6 Å². The first-order valence-corrected chi connectivity index (χ1v) is 3.74. The largest absolute Gasteiger partial charge is 0.481 e. The zero-order valence-electron chi connectivity index (χ0n) is 7.24. The SMILES string of the molecule is CC(CC(=O)O)C(=O)NCNC=O. The highest BCUT2D eigenvalue weighted by Crippen LogP contribution is 2.00. The molecule has 0 heterocycles. The Kier molecular flexibility index (Phi) is 5.25. The van der Waals surface area contributed by atoms with Gasteiger partial charge < -0.3 is 15.7 Å². The van der Waals surface area contributed by atoms with Crippen LogP contribution in [0.3, 0.4) is 0 Å². The maximum absolute atomic E-state index is 11.0. The lowest BCUT2D eigenvalue weighted by molar-refractivity contribution is -0.140. The number of carbonyl (C=O) groups is 3. The van der Waals surface area contributed by atoms with Crippen molar-refractivity contribution in [1.82, 2.24) is 10.6 Å². The number of hydrogen-bond acceptors (Lipinski definition) is 3. The Balaban J connectivity index is 3.69. The van der Waals surface area contributed by atoms with Crippen molar-refractivity contribution in [2.75, 3.05) is 6.67 Å². The molecule has 0 spiro atoms. The predicted molar refractivity (Wildman–Crippen MR) is 43.6 cm³/mol. The van der Waals surface area contributed by atoms with Crippen LogP contribution in [0.25, 0.3) is 0 Å². The molecule has 74 valence electrons. The van der Waals surface area contributed by atoms with Crippen LogP contribution in [0.5, 0.6) is 0 Å². The van der Waals surface area contributed by atoms with E-state index >= 15 is 0 Å². The van der Waals surface area contributed by atoms with E-state index in [9.17, 15) is 14.4 Å². The molecule has 1 unspecified atom stereocenters. The van der Waals surface area contributed by atoms with Crippen LogP contribution in [0.4, 0.5) is 0 Å². The normalized spacial score (nSPS) is 11.5. The highest BCUT2D eigenvalue weighted by Gasteiger charge is 2.15. The molecule has 6 heteroatoms. The quantitative estimate of drug-likeness (QED) is 0.280. The van der Waals surface area contributed by atoms with Gasteiger partial charge in [-0.3, -0.25) is 14.4 Å². The van der Waals surface area contributed by atoms with Crippen LogP contribution in [0.1, 0.15) is 13.3 Å². The molecule has 0 radical (unpaired) electrons. The maximum Gasteiger partial charge on any atom is 0.304 e. The highest BCUT2D eigenvalue weighted by atomic mass is 16.4. The van der Waals surface area contributed by atoms with E-state index in [1.165, 1.54) is 6.92 Å². The second kappa shape index (κ2) is 5.99. The Bertz CT molecular complexity index is 205. The minimum atomic E-state index is -1.02. The van der Waals surface area contributed by atoms with E-state index in [0.29, 0.717) is 6.41 Å². The second-order valence-electron chi connectivity index (χ2n) is 2.54. The van der Waals surface area contributed by atoms with Crippen LogP contribution in [-0.4, -0.2) is 30.1 Å². The number of nitrogens with one attached hydrogen (secondary N) is 2. The van der Waals surface area contributed by atoms with Gasteiger partial charge in [-0.25, -0.2) is 0 Å². The summed E-state index contributed by atoms with van der Waals surface area (Å²) in [4.78, 5) is 31.0. The van der Waals surface area contributed by atoms with Crippen LogP contribution in [-0.2, 0) is 14.4 Å². The Morgan fingerprint density at radius 2 is 2.15 bits per heavy atom. The Morgan fingerprint density at radius 3 is 2.62 bits per heavy atom. The van der Waals surface area contributed by atoms with Crippen molar-refractivity contribution in [3.8, 4) is 0 Å². The van der Waals surface area contributed by atoms with Crippen molar-refractivity contribution in [2.45, 2.75) is 13.3 Å². The lowest BCUT2D eigenvalue weighted by atomic mass is 10.1. The third-order valence-corrected chi connectivity index (χ3v) is 1.38. The molecule has 6 nitrogen and oxygen atoms in total. The first kappa shape index (κ1) is 11.4. The monoisotopic (exact) mass is 188 g/mol. The molecule has 0 aromatic heterocycles. The van der Waals surface area contributed by atoms with E-state index < -0.39 is 17.8 Å². The predicted octanol–water partition coefficient (Wildman–Crippen LogP) is -1.08. The fourth-order valence-electron chi connectivity index (χ4n) is 0.709. The molecule has 0 fully saturated rings. The molecular weight excluding hydrogens is 176 g/mol. The summed E-state index contributed by atoms with van der Waals surface area (Å²) in [6.07, 6.45) is 0.231. The van der Waals surface area contributed by atoms with Crippen LogP contribution >= 0.6 is 0 Å². The van der Waals surface area contributed by atoms with Gasteiger partial charge in [0.15, 0.2) is 0 Å². The molecule has 1 atom stereocenters. The van der Waals surface area contributed by atoms with E-state index in [-0.39, 0.29) is 13.1 Å². The summed E-state index contributed by atoms with van der Waals surface area (Å²) in [6, 6.07) is 0. The molecule has 0 aliphatic rings. The van der Waals surface area contributed by atoms with Gasteiger partial charge in [-0.1, -0.05) is 6.92 Å². The van der Waals surface area contributed by atoms with Crippen molar-refractivity contribution in [3.05, 3.63) is 0 Å². The van der Waals surface area contributed by atoms with E-state index in [4.69, 9.17) is 5.11 Å². The number of hydrogen-bond donors (Lipinski definition) is 3. The molecule has 0 saturated heterocycles. The van der Waals surface area contributed by atoms with Crippen LogP contribution in [0.2, 0.25) is 0 Å². The molecule has 0 aromatic rings. The molecule has 0 rings (SSSR count). The standard InChI is InChI=1S/C7H12N2O4/c1-5(2-6(11)12)7(13)9-3-8-4-10/h4-5H,2-3H2,1H3,(H,8,10)(H,9,13)(H,11,12). The average molecular weight is 188 g/mol. The first-order chi connectivity index (χ1) is 6.07. The molecule has 2 amide bonds. The second-order valence-corrected chi connectivity index (χ2v) is 2.54. The summed E-state index contributed by atoms with van der Waals surface area (Å²) in [7, 11) is 0. The maximum atomic E-state index is 11.0. The first-order valence-electron chi connectivity index (χ1n) is 3.74. The minimum absolute atomic E-state index is 0.0201. The fraction of sp³-hybridized carbons (Fsp3) is 0.571. The molecule has 0 aliphatic heterocycles. The molecule has 0 aromatic carbocycles. The summed E-state index contributed by atoms with van der Waals surface area (Å²) >= 11 is 0. The molecule has 0 saturated carbocycles. The minimum Gasteiger partial charge on any atom is -0.481 e. The Hall–Kier alpha value is -1.59. The number of aliphatic carboxylic acids is 1. The van der Waals surface area contributed by atoms with E-state index in [1.807, 2.05) is 0 Å². The molecule has 13 heavy (non-hydrogen) atoms. The van der Waals surface area contributed by atoms with Crippen LogP contribution < -0.4 is 10.6 Å². The lowest BCUT2D eigenvalue weighted by Crippen LogP contribution is -2.36. The van der Waals surface area contributed by atoms with Crippen LogP contribution in [0.15, 0.2) is 0 Å². The number of rotatable bonds is 6. The summed E-state index contributed by atoms with van der Waals surface area (Å²) in [5, 5.41) is 12.9. The summed E-state index contributed by atoms with van der Waals surface area (Å²) in [6.45, 7) is 1.52. The summed E-state index contributed by atoms with van der Waals surface area (Å²) in [5.74, 6) is -2.01. The van der Waals surface area contributed by atoms with E-state index in [1.54, 1.807) is 0 Å². The summed E-state index contributed by atoms with van der Waals surface area (Å²) in [5.41, 5.74) is 0. The molecular formula is C7H12N2O4. The van der Waals surface area contributed by atoms with Crippen molar-refractivity contribution in [2.24, 2.45) is 5.92 Å². The summed E-state index contributed by atoms with van der Waals surface area (Å²) < 4.78 is 0. The molecule has 0 bridgehead atoms. The van der Waals surface area contributed by atoms with Gasteiger partial charge in [0.25, 0.3) is 0 Å².